The maximum absolute atomic E-state index is 12.5. The van der Waals surface area contributed by atoms with Gasteiger partial charge in [-0.3, -0.25) is 19.7 Å². The fourth-order valence-electron chi connectivity index (χ4n) is 3.25. The molecule has 0 spiro atoms. The Morgan fingerprint density at radius 2 is 1.79 bits per heavy atom. The topological polar surface area (TPSA) is 95.8 Å². The Hall–Kier alpha value is -3.13. The normalized spacial score (nSPS) is 13.9. The second-order valence-corrected chi connectivity index (χ2v) is 7.28. The number of halogens is 1. The van der Waals surface area contributed by atoms with Gasteiger partial charge in [-0.2, -0.15) is 0 Å². The Labute approximate surface area is 173 Å². The second kappa shape index (κ2) is 8.48. The van der Waals surface area contributed by atoms with Crippen molar-refractivity contribution < 1.29 is 14.5 Å². The van der Waals surface area contributed by atoms with Crippen LogP contribution in [0.25, 0.3) is 0 Å². The molecule has 0 aromatic heterocycles. The van der Waals surface area contributed by atoms with E-state index in [1.807, 2.05) is 6.07 Å². The quantitative estimate of drug-likeness (QED) is 0.608. The first-order valence-corrected chi connectivity index (χ1v) is 9.50. The minimum absolute atomic E-state index is 0.0603. The molecule has 0 atom stereocenters. The molecule has 152 valence electrons. The van der Waals surface area contributed by atoms with Crippen LogP contribution in [0, 0.1) is 17.0 Å². The SMILES string of the molecule is CC(=O)N1CCN(c2ccc(NC(=O)c3ccc(C)c([N+](=O)[O-])c3)cc2Cl)CC1. The van der Waals surface area contributed by atoms with Gasteiger partial charge in [0.25, 0.3) is 11.6 Å². The summed E-state index contributed by atoms with van der Waals surface area (Å²) in [6.07, 6.45) is 0. The minimum atomic E-state index is -0.510. The Bertz CT molecular complexity index is 971. The van der Waals surface area contributed by atoms with Crippen molar-refractivity contribution in [3.05, 3.63) is 62.7 Å². The molecule has 0 aliphatic carbocycles. The zero-order valence-electron chi connectivity index (χ0n) is 16.1. The van der Waals surface area contributed by atoms with Crippen molar-refractivity contribution in [1.29, 1.82) is 0 Å². The highest BCUT2D eigenvalue weighted by Crippen LogP contribution is 2.30. The first kappa shape index (κ1) is 20.6. The number of carbonyl (C=O) groups excluding carboxylic acids is 2. The average molecular weight is 417 g/mol. The third kappa shape index (κ3) is 4.65. The number of anilines is 2. The van der Waals surface area contributed by atoms with Crippen LogP contribution in [-0.2, 0) is 4.79 Å². The van der Waals surface area contributed by atoms with E-state index in [9.17, 15) is 19.7 Å². The van der Waals surface area contributed by atoms with Gasteiger partial charge in [0.15, 0.2) is 0 Å². The number of rotatable bonds is 4. The van der Waals surface area contributed by atoms with E-state index in [2.05, 4.69) is 10.2 Å². The molecule has 1 aliphatic heterocycles. The maximum atomic E-state index is 12.5. The zero-order chi connectivity index (χ0) is 21.1. The predicted octanol–water partition coefficient (Wildman–Crippen LogP) is 3.48. The summed E-state index contributed by atoms with van der Waals surface area (Å²) in [5, 5.41) is 14.3. The Balaban J connectivity index is 1.71. The lowest BCUT2D eigenvalue weighted by atomic mass is 10.1. The molecule has 2 aromatic carbocycles. The van der Waals surface area contributed by atoms with E-state index in [0.717, 1.165) is 5.69 Å². The Kier molecular flexibility index (Phi) is 6.03. The third-order valence-corrected chi connectivity index (χ3v) is 5.24. The van der Waals surface area contributed by atoms with E-state index < -0.39 is 10.8 Å². The van der Waals surface area contributed by atoms with Crippen molar-refractivity contribution in [1.82, 2.24) is 4.90 Å². The van der Waals surface area contributed by atoms with Gasteiger partial charge in [0.1, 0.15) is 0 Å². The van der Waals surface area contributed by atoms with Crippen molar-refractivity contribution in [3.63, 3.8) is 0 Å². The summed E-state index contributed by atoms with van der Waals surface area (Å²) in [6, 6.07) is 9.55. The van der Waals surface area contributed by atoms with Gasteiger partial charge in [0, 0.05) is 56.0 Å². The van der Waals surface area contributed by atoms with Gasteiger partial charge in [-0.25, -0.2) is 0 Å². The van der Waals surface area contributed by atoms with E-state index in [4.69, 9.17) is 11.6 Å². The van der Waals surface area contributed by atoms with Gasteiger partial charge in [-0.1, -0.05) is 17.7 Å². The molecule has 1 fully saturated rings. The lowest BCUT2D eigenvalue weighted by Gasteiger charge is -2.36. The number of nitrogens with zero attached hydrogens (tertiary/aromatic N) is 3. The molecule has 2 aromatic rings. The molecule has 1 aliphatic rings. The molecule has 0 radical (unpaired) electrons. The zero-order valence-corrected chi connectivity index (χ0v) is 16.9. The molecule has 9 heteroatoms. The summed E-state index contributed by atoms with van der Waals surface area (Å²) in [7, 11) is 0. The predicted molar refractivity (Wildman–Crippen MR) is 112 cm³/mol. The molecular weight excluding hydrogens is 396 g/mol. The molecule has 1 heterocycles. The number of hydrogen-bond acceptors (Lipinski definition) is 5. The van der Waals surface area contributed by atoms with E-state index >= 15 is 0 Å². The molecular formula is C20H21ClN4O4. The van der Waals surface area contributed by atoms with Crippen LogP contribution >= 0.6 is 11.6 Å². The van der Waals surface area contributed by atoms with Crippen LogP contribution in [0.4, 0.5) is 17.1 Å². The van der Waals surface area contributed by atoms with Gasteiger partial charge in [0.05, 0.1) is 15.6 Å². The number of nitro benzene ring substituents is 1. The largest absolute Gasteiger partial charge is 0.367 e. The summed E-state index contributed by atoms with van der Waals surface area (Å²) < 4.78 is 0. The highest BCUT2D eigenvalue weighted by atomic mass is 35.5. The molecule has 8 nitrogen and oxygen atoms in total. The third-order valence-electron chi connectivity index (χ3n) is 4.94. The Morgan fingerprint density at radius 3 is 2.38 bits per heavy atom. The van der Waals surface area contributed by atoms with Crippen molar-refractivity contribution in [2.45, 2.75) is 13.8 Å². The van der Waals surface area contributed by atoms with E-state index in [1.54, 1.807) is 43.0 Å². The van der Waals surface area contributed by atoms with Crippen LogP contribution in [0.2, 0.25) is 5.02 Å². The monoisotopic (exact) mass is 416 g/mol. The van der Waals surface area contributed by atoms with Crippen LogP contribution in [0.1, 0.15) is 22.8 Å². The summed E-state index contributed by atoms with van der Waals surface area (Å²) in [5.41, 5.74) is 1.91. The summed E-state index contributed by atoms with van der Waals surface area (Å²) in [4.78, 5) is 38.4. The Morgan fingerprint density at radius 1 is 1.10 bits per heavy atom. The molecule has 1 saturated heterocycles. The van der Waals surface area contributed by atoms with Crippen LogP contribution < -0.4 is 10.2 Å². The van der Waals surface area contributed by atoms with Crippen molar-refractivity contribution in [2.24, 2.45) is 0 Å². The number of amides is 2. The van der Waals surface area contributed by atoms with E-state index in [-0.39, 0.29) is 17.2 Å². The summed E-state index contributed by atoms with van der Waals surface area (Å²) in [6.45, 7) is 5.81. The van der Waals surface area contributed by atoms with Gasteiger partial charge in [0.2, 0.25) is 5.91 Å². The smallest absolute Gasteiger partial charge is 0.273 e. The molecule has 29 heavy (non-hydrogen) atoms. The number of nitro groups is 1. The number of benzene rings is 2. The van der Waals surface area contributed by atoms with Crippen LogP contribution in [0.15, 0.2) is 36.4 Å². The van der Waals surface area contributed by atoms with Gasteiger partial charge in [-0.15, -0.1) is 0 Å². The fourth-order valence-corrected chi connectivity index (χ4v) is 3.55. The van der Waals surface area contributed by atoms with Gasteiger partial charge < -0.3 is 15.1 Å². The molecule has 0 bridgehead atoms. The summed E-state index contributed by atoms with van der Waals surface area (Å²) in [5.74, 6) is -0.392. The number of hydrogen-bond donors (Lipinski definition) is 1. The van der Waals surface area contributed by atoms with Crippen LogP contribution in [0.5, 0.6) is 0 Å². The average Bonchev–Trinajstić information content (AvgIpc) is 2.68. The van der Waals surface area contributed by atoms with Crippen LogP contribution in [0.3, 0.4) is 0 Å². The number of piperazine rings is 1. The van der Waals surface area contributed by atoms with Gasteiger partial charge >= 0.3 is 0 Å². The van der Waals surface area contributed by atoms with Crippen molar-refractivity contribution in [3.8, 4) is 0 Å². The number of carbonyl (C=O) groups is 2. The second-order valence-electron chi connectivity index (χ2n) is 6.87. The lowest BCUT2D eigenvalue weighted by molar-refractivity contribution is -0.385. The fraction of sp³-hybridized carbons (Fsp3) is 0.300. The molecule has 2 amide bonds. The van der Waals surface area contributed by atoms with E-state index in [0.29, 0.717) is 42.5 Å². The minimum Gasteiger partial charge on any atom is -0.367 e. The molecule has 1 N–H and O–H groups in total. The van der Waals surface area contributed by atoms with Gasteiger partial charge in [-0.05, 0) is 31.2 Å². The highest BCUT2D eigenvalue weighted by molar-refractivity contribution is 6.33. The van der Waals surface area contributed by atoms with Crippen molar-refractivity contribution >= 4 is 40.5 Å². The van der Waals surface area contributed by atoms with E-state index in [1.165, 1.54) is 6.07 Å². The molecule has 3 rings (SSSR count). The first-order valence-electron chi connectivity index (χ1n) is 9.12. The maximum Gasteiger partial charge on any atom is 0.273 e. The first-order chi connectivity index (χ1) is 13.8. The van der Waals surface area contributed by atoms with Crippen LogP contribution in [-0.4, -0.2) is 47.8 Å². The molecule has 0 unspecified atom stereocenters. The number of aryl methyl sites for hydroxylation is 1. The standard InChI is InChI=1S/C20H21ClN4O4/c1-13-3-4-15(11-19(13)25(28)29)20(27)22-16-5-6-18(17(21)12-16)24-9-7-23(8-10-24)14(2)26/h3-6,11-12H,7-10H2,1-2H3,(H,22,27). The summed E-state index contributed by atoms with van der Waals surface area (Å²) >= 11 is 6.42. The molecule has 0 saturated carbocycles. The van der Waals surface area contributed by atoms with Crippen molar-refractivity contribution in [2.75, 3.05) is 36.4 Å². The highest BCUT2D eigenvalue weighted by Gasteiger charge is 2.21. The number of nitrogens with one attached hydrogen (secondary N) is 1. The lowest BCUT2D eigenvalue weighted by Crippen LogP contribution is -2.48.